The summed E-state index contributed by atoms with van der Waals surface area (Å²) < 4.78 is 52.1. The number of nitrogens with zero attached hydrogens (tertiary/aromatic N) is 1. The fourth-order valence-corrected chi connectivity index (χ4v) is 4.31. The van der Waals surface area contributed by atoms with E-state index in [-0.39, 0.29) is 23.6 Å². The van der Waals surface area contributed by atoms with Crippen molar-refractivity contribution in [1.82, 2.24) is 4.90 Å². The van der Waals surface area contributed by atoms with Gasteiger partial charge in [-0.3, -0.25) is 0 Å². The molecule has 0 radical (unpaired) electrons. The molecule has 2 aromatic rings. The second-order valence-electron chi connectivity index (χ2n) is 6.82. The third kappa shape index (κ3) is 3.25. The lowest BCUT2D eigenvalue weighted by Crippen LogP contribution is -2.44. The van der Waals surface area contributed by atoms with E-state index in [1.54, 1.807) is 11.0 Å². The summed E-state index contributed by atoms with van der Waals surface area (Å²) >= 11 is 5.71. The van der Waals surface area contributed by atoms with Crippen molar-refractivity contribution in [2.24, 2.45) is 0 Å². The molecular weight excluding hydrogens is 384 g/mol. The SMILES string of the molecule is O=C(Nc1ccc(C(F)(F)F)c(Cl)c1)N1[C@@H]2CC[C@H]1c1cc(F)ccc1C2. The summed E-state index contributed by atoms with van der Waals surface area (Å²) in [6, 6.07) is 7.04. The van der Waals surface area contributed by atoms with Crippen LogP contribution in [0.4, 0.5) is 28.0 Å². The Morgan fingerprint density at radius 2 is 1.93 bits per heavy atom. The van der Waals surface area contributed by atoms with Crippen molar-refractivity contribution < 1.29 is 22.4 Å². The monoisotopic (exact) mass is 398 g/mol. The van der Waals surface area contributed by atoms with Crippen LogP contribution in [0.2, 0.25) is 5.02 Å². The van der Waals surface area contributed by atoms with Crippen molar-refractivity contribution in [3.63, 3.8) is 0 Å². The average molecular weight is 399 g/mol. The lowest BCUT2D eigenvalue weighted by atomic mass is 9.93. The number of fused-ring (bicyclic) bond motifs is 4. The van der Waals surface area contributed by atoms with Crippen LogP contribution in [0.3, 0.4) is 0 Å². The van der Waals surface area contributed by atoms with Gasteiger partial charge in [0.25, 0.3) is 0 Å². The summed E-state index contributed by atoms with van der Waals surface area (Å²) in [5, 5.41) is 2.14. The number of hydrogen-bond donors (Lipinski definition) is 1. The largest absolute Gasteiger partial charge is 0.417 e. The average Bonchev–Trinajstić information content (AvgIpc) is 2.90. The van der Waals surface area contributed by atoms with Crippen molar-refractivity contribution in [2.45, 2.75) is 37.5 Å². The van der Waals surface area contributed by atoms with Crippen LogP contribution in [0.15, 0.2) is 36.4 Å². The predicted octanol–water partition coefficient (Wildman–Crippen LogP) is 5.79. The number of carbonyl (C=O) groups is 1. The zero-order valence-corrected chi connectivity index (χ0v) is 14.7. The van der Waals surface area contributed by atoms with Crippen molar-refractivity contribution in [1.29, 1.82) is 0 Å². The first-order valence-electron chi connectivity index (χ1n) is 8.48. The Bertz CT molecular complexity index is 915. The van der Waals surface area contributed by atoms with Gasteiger partial charge < -0.3 is 10.2 Å². The van der Waals surface area contributed by atoms with Crippen LogP contribution in [-0.4, -0.2) is 17.0 Å². The van der Waals surface area contributed by atoms with Crippen molar-refractivity contribution in [3.8, 4) is 0 Å². The zero-order valence-electron chi connectivity index (χ0n) is 14.0. The molecule has 142 valence electrons. The summed E-state index contributed by atoms with van der Waals surface area (Å²) in [5.74, 6) is -0.353. The number of halogens is 5. The summed E-state index contributed by atoms with van der Waals surface area (Å²) in [6.07, 6.45) is -2.41. The van der Waals surface area contributed by atoms with Gasteiger partial charge in [0.05, 0.1) is 16.6 Å². The van der Waals surface area contributed by atoms with Gasteiger partial charge in [-0.05, 0) is 60.7 Å². The first kappa shape index (κ1) is 18.1. The molecule has 2 atom stereocenters. The maximum absolute atomic E-state index is 13.6. The lowest BCUT2D eigenvalue weighted by Gasteiger charge is -2.36. The van der Waals surface area contributed by atoms with E-state index in [4.69, 9.17) is 11.6 Å². The summed E-state index contributed by atoms with van der Waals surface area (Å²) in [6.45, 7) is 0. The molecule has 1 saturated heterocycles. The van der Waals surface area contributed by atoms with E-state index in [9.17, 15) is 22.4 Å². The minimum Gasteiger partial charge on any atom is -0.314 e. The Balaban J connectivity index is 1.57. The molecule has 0 spiro atoms. The van der Waals surface area contributed by atoms with E-state index >= 15 is 0 Å². The molecule has 2 aliphatic rings. The molecule has 0 saturated carbocycles. The molecule has 0 aliphatic carbocycles. The Labute approximate surface area is 157 Å². The quantitative estimate of drug-likeness (QED) is 0.606. The van der Waals surface area contributed by atoms with Gasteiger partial charge >= 0.3 is 12.2 Å². The molecule has 2 heterocycles. The van der Waals surface area contributed by atoms with E-state index in [1.807, 2.05) is 0 Å². The van der Waals surface area contributed by atoms with Crippen molar-refractivity contribution >= 4 is 23.3 Å². The molecule has 4 rings (SSSR count). The number of rotatable bonds is 1. The number of amides is 2. The summed E-state index contributed by atoms with van der Waals surface area (Å²) in [4.78, 5) is 14.4. The van der Waals surface area contributed by atoms with Crippen LogP contribution in [0.5, 0.6) is 0 Å². The van der Waals surface area contributed by atoms with Gasteiger partial charge in [-0.2, -0.15) is 13.2 Å². The van der Waals surface area contributed by atoms with Crippen LogP contribution in [-0.2, 0) is 12.6 Å². The lowest BCUT2D eigenvalue weighted by molar-refractivity contribution is -0.137. The zero-order chi connectivity index (χ0) is 19.3. The molecule has 2 aromatic carbocycles. The maximum Gasteiger partial charge on any atom is 0.417 e. The minimum atomic E-state index is -4.56. The van der Waals surface area contributed by atoms with Crippen LogP contribution in [0, 0.1) is 5.82 Å². The normalized spacial score (nSPS) is 21.1. The first-order valence-corrected chi connectivity index (χ1v) is 8.86. The highest BCUT2D eigenvalue weighted by Crippen LogP contribution is 2.44. The highest BCUT2D eigenvalue weighted by molar-refractivity contribution is 6.31. The number of benzene rings is 2. The fraction of sp³-hybridized carbons (Fsp3) is 0.316. The third-order valence-corrected chi connectivity index (χ3v) is 5.50. The third-order valence-electron chi connectivity index (χ3n) is 5.19. The van der Waals surface area contributed by atoms with Crippen LogP contribution in [0.1, 0.15) is 35.6 Å². The summed E-state index contributed by atoms with van der Waals surface area (Å²) in [7, 11) is 0. The maximum atomic E-state index is 13.6. The predicted molar refractivity (Wildman–Crippen MR) is 93.2 cm³/mol. The number of carbonyl (C=O) groups excluding carboxylic acids is 1. The van der Waals surface area contributed by atoms with Crippen molar-refractivity contribution in [3.05, 3.63) is 63.9 Å². The number of nitrogens with one attached hydrogen (secondary N) is 1. The number of anilines is 1. The van der Waals surface area contributed by atoms with Gasteiger partial charge in [0.1, 0.15) is 5.82 Å². The highest BCUT2D eigenvalue weighted by Gasteiger charge is 2.42. The molecule has 2 aliphatic heterocycles. The van der Waals surface area contributed by atoms with Gasteiger partial charge in [-0.15, -0.1) is 0 Å². The van der Waals surface area contributed by atoms with E-state index < -0.39 is 22.8 Å². The van der Waals surface area contributed by atoms with Gasteiger partial charge in [0.2, 0.25) is 0 Å². The van der Waals surface area contributed by atoms with E-state index in [0.717, 1.165) is 36.1 Å². The minimum absolute atomic E-state index is 0.0159. The highest BCUT2D eigenvalue weighted by atomic mass is 35.5. The Morgan fingerprint density at radius 1 is 1.15 bits per heavy atom. The standard InChI is InChI=1S/C19H15ClF4N2O/c20-16-9-12(3-5-15(16)19(22,23)24)25-18(27)26-13-4-6-17(26)14-8-11(21)2-1-10(14)7-13/h1-3,5,8-9,13,17H,4,6-7H2,(H,25,27)/t13-,17+/m1/s1. The molecule has 2 amide bonds. The molecule has 27 heavy (non-hydrogen) atoms. The summed E-state index contributed by atoms with van der Waals surface area (Å²) in [5.41, 5.74) is 1.06. The topological polar surface area (TPSA) is 32.3 Å². The Morgan fingerprint density at radius 3 is 2.63 bits per heavy atom. The molecule has 1 fully saturated rings. The second kappa shape index (κ2) is 6.41. The van der Waals surface area contributed by atoms with E-state index in [2.05, 4.69) is 5.32 Å². The molecule has 1 N–H and O–H groups in total. The molecule has 0 aromatic heterocycles. The molecular formula is C19H15ClF4N2O. The fourth-order valence-electron chi connectivity index (χ4n) is 4.02. The van der Waals surface area contributed by atoms with Gasteiger partial charge in [-0.1, -0.05) is 17.7 Å². The molecule has 8 heteroatoms. The van der Waals surface area contributed by atoms with Gasteiger partial charge in [0, 0.05) is 11.7 Å². The van der Waals surface area contributed by atoms with E-state index in [1.165, 1.54) is 18.2 Å². The molecule has 3 nitrogen and oxygen atoms in total. The van der Waals surface area contributed by atoms with Crippen LogP contribution < -0.4 is 5.32 Å². The number of hydrogen-bond acceptors (Lipinski definition) is 1. The first-order chi connectivity index (χ1) is 12.7. The number of alkyl halides is 3. The Hall–Kier alpha value is -2.28. The molecule has 0 unspecified atom stereocenters. The molecule has 2 bridgehead atoms. The second-order valence-corrected chi connectivity index (χ2v) is 7.23. The van der Waals surface area contributed by atoms with Gasteiger partial charge in [0.15, 0.2) is 0 Å². The Kier molecular flexibility index (Phi) is 4.29. The van der Waals surface area contributed by atoms with E-state index in [0.29, 0.717) is 6.42 Å². The van der Waals surface area contributed by atoms with Crippen molar-refractivity contribution in [2.75, 3.05) is 5.32 Å². The van der Waals surface area contributed by atoms with Crippen LogP contribution in [0.25, 0.3) is 0 Å². The van der Waals surface area contributed by atoms with Crippen LogP contribution >= 0.6 is 11.6 Å². The van der Waals surface area contributed by atoms with Gasteiger partial charge in [-0.25, -0.2) is 9.18 Å². The smallest absolute Gasteiger partial charge is 0.314 e. The number of urea groups is 1.